The SMILES string of the molecule is COc1cccc(CNCc2ccccc2CS(=O)(=O)NC(C)C)c1. The average Bonchev–Trinajstić information content (AvgIpc) is 2.55. The van der Waals surface area contributed by atoms with Crippen molar-refractivity contribution in [3.63, 3.8) is 0 Å². The molecule has 6 heteroatoms. The summed E-state index contributed by atoms with van der Waals surface area (Å²) in [7, 11) is -1.69. The molecule has 0 aromatic heterocycles. The fourth-order valence-corrected chi connectivity index (χ4v) is 4.09. The van der Waals surface area contributed by atoms with E-state index in [0.29, 0.717) is 13.1 Å². The summed E-state index contributed by atoms with van der Waals surface area (Å²) < 4.78 is 32.2. The van der Waals surface area contributed by atoms with Crippen molar-refractivity contribution in [1.82, 2.24) is 10.0 Å². The van der Waals surface area contributed by atoms with Crippen molar-refractivity contribution in [3.8, 4) is 5.75 Å². The van der Waals surface area contributed by atoms with E-state index in [1.807, 2.05) is 62.4 Å². The first-order valence-corrected chi connectivity index (χ1v) is 9.95. The van der Waals surface area contributed by atoms with Crippen LogP contribution in [-0.2, 0) is 28.9 Å². The normalized spacial score (nSPS) is 11.7. The molecule has 0 aliphatic rings. The van der Waals surface area contributed by atoms with Crippen molar-refractivity contribution in [2.24, 2.45) is 0 Å². The second-order valence-corrected chi connectivity index (χ2v) is 8.01. The summed E-state index contributed by atoms with van der Waals surface area (Å²) in [6.45, 7) is 4.92. The zero-order chi connectivity index (χ0) is 18.3. The first kappa shape index (κ1) is 19.4. The largest absolute Gasteiger partial charge is 0.497 e. The van der Waals surface area contributed by atoms with Crippen LogP contribution in [0.15, 0.2) is 48.5 Å². The topological polar surface area (TPSA) is 67.4 Å². The van der Waals surface area contributed by atoms with Gasteiger partial charge in [0.25, 0.3) is 0 Å². The van der Waals surface area contributed by atoms with Crippen LogP contribution in [0.1, 0.15) is 30.5 Å². The molecule has 0 heterocycles. The number of hydrogen-bond donors (Lipinski definition) is 2. The highest BCUT2D eigenvalue weighted by Gasteiger charge is 2.15. The van der Waals surface area contributed by atoms with Crippen LogP contribution >= 0.6 is 0 Å². The Hall–Kier alpha value is -1.89. The summed E-state index contributed by atoms with van der Waals surface area (Å²) >= 11 is 0. The lowest BCUT2D eigenvalue weighted by atomic mass is 10.1. The van der Waals surface area contributed by atoms with Gasteiger partial charge >= 0.3 is 0 Å². The molecule has 0 spiro atoms. The monoisotopic (exact) mass is 362 g/mol. The predicted molar refractivity (Wildman–Crippen MR) is 101 cm³/mol. The Morgan fingerprint density at radius 2 is 1.72 bits per heavy atom. The van der Waals surface area contributed by atoms with E-state index in [1.165, 1.54) is 0 Å². The van der Waals surface area contributed by atoms with Gasteiger partial charge in [0.2, 0.25) is 10.0 Å². The lowest BCUT2D eigenvalue weighted by Crippen LogP contribution is -2.31. The van der Waals surface area contributed by atoms with Crippen LogP contribution < -0.4 is 14.8 Å². The quantitative estimate of drug-likeness (QED) is 0.720. The Morgan fingerprint density at radius 3 is 2.40 bits per heavy atom. The summed E-state index contributed by atoms with van der Waals surface area (Å²) in [5.41, 5.74) is 2.92. The van der Waals surface area contributed by atoms with Crippen molar-refractivity contribution in [3.05, 3.63) is 65.2 Å². The van der Waals surface area contributed by atoms with Gasteiger partial charge < -0.3 is 10.1 Å². The molecule has 2 aromatic carbocycles. The molecule has 2 rings (SSSR count). The molecule has 25 heavy (non-hydrogen) atoms. The smallest absolute Gasteiger partial charge is 0.216 e. The summed E-state index contributed by atoms with van der Waals surface area (Å²) in [5.74, 6) is 0.813. The molecular weight excluding hydrogens is 336 g/mol. The first-order valence-electron chi connectivity index (χ1n) is 8.30. The molecule has 0 fully saturated rings. The molecule has 0 unspecified atom stereocenters. The zero-order valence-corrected chi connectivity index (χ0v) is 15.8. The summed E-state index contributed by atoms with van der Waals surface area (Å²) in [6.07, 6.45) is 0. The molecule has 0 radical (unpaired) electrons. The summed E-state index contributed by atoms with van der Waals surface area (Å²) in [4.78, 5) is 0. The van der Waals surface area contributed by atoms with Crippen molar-refractivity contribution in [2.75, 3.05) is 7.11 Å². The molecule has 0 bridgehead atoms. The lowest BCUT2D eigenvalue weighted by Gasteiger charge is -2.13. The Labute approximate surface area is 150 Å². The first-order chi connectivity index (χ1) is 11.9. The van der Waals surface area contributed by atoms with E-state index >= 15 is 0 Å². The fourth-order valence-electron chi connectivity index (χ4n) is 2.60. The predicted octanol–water partition coefficient (Wildman–Crippen LogP) is 2.81. The standard InChI is InChI=1S/C19H26N2O3S/c1-15(2)21-25(22,23)14-18-9-5-4-8-17(18)13-20-12-16-7-6-10-19(11-16)24-3/h4-11,15,20-21H,12-14H2,1-3H3. The highest BCUT2D eigenvalue weighted by atomic mass is 32.2. The highest BCUT2D eigenvalue weighted by molar-refractivity contribution is 7.88. The Morgan fingerprint density at radius 1 is 1.00 bits per heavy atom. The number of methoxy groups -OCH3 is 1. The molecule has 2 aromatic rings. The molecule has 0 amide bonds. The maximum atomic E-state index is 12.2. The minimum atomic E-state index is -3.34. The molecule has 0 aliphatic carbocycles. The molecule has 0 atom stereocenters. The second kappa shape index (κ2) is 8.99. The third-order valence-electron chi connectivity index (χ3n) is 3.66. The van der Waals surface area contributed by atoms with Gasteiger partial charge in [-0.1, -0.05) is 36.4 Å². The maximum absolute atomic E-state index is 12.2. The van der Waals surface area contributed by atoms with Gasteiger partial charge in [-0.25, -0.2) is 13.1 Å². The fraction of sp³-hybridized carbons (Fsp3) is 0.368. The van der Waals surface area contributed by atoms with Crippen LogP contribution in [0.4, 0.5) is 0 Å². The number of rotatable bonds is 9. The number of ether oxygens (including phenoxy) is 1. The van der Waals surface area contributed by atoms with Crippen molar-refractivity contribution in [2.45, 2.75) is 38.7 Å². The Bertz CT molecular complexity index is 789. The van der Waals surface area contributed by atoms with Gasteiger partial charge in [-0.05, 0) is 42.7 Å². The van der Waals surface area contributed by atoms with Crippen molar-refractivity contribution >= 4 is 10.0 Å². The summed E-state index contributed by atoms with van der Waals surface area (Å²) in [5, 5.41) is 3.37. The third kappa shape index (κ3) is 6.49. The van der Waals surface area contributed by atoms with Gasteiger partial charge in [-0.15, -0.1) is 0 Å². The van der Waals surface area contributed by atoms with E-state index in [4.69, 9.17) is 4.74 Å². The zero-order valence-electron chi connectivity index (χ0n) is 15.0. The van der Waals surface area contributed by atoms with Gasteiger partial charge in [0.15, 0.2) is 0 Å². The lowest BCUT2D eigenvalue weighted by molar-refractivity contribution is 0.414. The molecule has 0 aliphatic heterocycles. The van der Waals surface area contributed by atoms with Crippen LogP contribution in [0.2, 0.25) is 0 Å². The number of nitrogens with one attached hydrogen (secondary N) is 2. The van der Waals surface area contributed by atoms with E-state index in [2.05, 4.69) is 10.0 Å². The number of benzene rings is 2. The average molecular weight is 362 g/mol. The highest BCUT2D eigenvalue weighted by Crippen LogP contribution is 2.14. The number of hydrogen-bond acceptors (Lipinski definition) is 4. The third-order valence-corrected chi connectivity index (χ3v) is 5.18. The molecule has 5 nitrogen and oxygen atoms in total. The van der Waals surface area contributed by atoms with Gasteiger partial charge in [-0.3, -0.25) is 0 Å². The molecule has 0 saturated heterocycles. The summed E-state index contributed by atoms with van der Waals surface area (Å²) in [6, 6.07) is 15.4. The van der Waals surface area contributed by atoms with Crippen LogP contribution in [0.25, 0.3) is 0 Å². The minimum Gasteiger partial charge on any atom is -0.497 e. The van der Waals surface area contributed by atoms with Crippen LogP contribution in [0.5, 0.6) is 5.75 Å². The molecule has 136 valence electrons. The van der Waals surface area contributed by atoms with E-state index < -0.39 is 10.0 Å². The van der Waals surface area contributed by atoms with E-state index in [1.54, 1.807) is 7.11 Å². The van der Waals surface area contributed by atoms with Crippen molar-refractivity contribution < 1.29 is 13.2 Å². The minimum absolute atomic E-state index is 0.0117. The van der Waals surface area contributed by atoms with Crippen LogP contribution in [-0.4, -0.2) is 21.6 Å². The maximum Gasteiger partial charge on any atom is 0.216 e. The van der Waals surface area contributed by atoms with Gasteiger partial charge in [0.1, 0.15) is 5.75 Å². The molecule has 2 N–H and O–H groups in total. The van der Waals surface area contributed by atoms with E-state index in [0.717, 1.165) is 22.4 Å². The van der Waals surface area contributed by atoms with Gasteiger partial charge in [0.05, 0.1) is 12.9 Å². The number of sulfonamides is 1. The van der Waals surface area contributed by atoms with Gasteiger partial charge in [-0.2, -0.15) is 0 Å². The molecular formula is C19H26N2O3S. The van der Waals surface area contributed by atoms with Crippen LogP contribution in [0, 0.1) is 0 Å². The van der Waals surface area contributed by atoms with E-state index in [9.17, 15) is 8.42 Å². The Kier molecular flexibility index (Phi) is 6.99. The van der Waals surface area contributed by atoms with Crippen molar-refractivity contribution in [1.29, 1.82) is 0 Å². The van der Waals surface area contributed by atoms with Gasteiger partial charge in [0, 0.05) is 19.1 Å². The molecule has 0 saturated carbocycles. The Balaban J connectivity index is 2.00. The van der Waals surface area contributed by atoms with E-state index in [-0.39, 0.29) is 11.8 Å². The van der Waals surface area contributed by atoms with Crippen LogP contribution in [0.3, 0.4) is 0 Å². The second-order valence-electron chi connectivity index (χ2n) is 6.26.